The van der Waals surface area contributed by atoms with Gasteiger partial charge in [0.15, 0.2) is 5.82 Å². The van der Waals surface area contributed by atoms with Gasteiger partial charge in [-0.2, -0.15) is 0 Å². The van der Waals surface area contributed by atoms with E-state index in [1.54, 1.807) is 11.3 Å². The molecule has 0 N–H and O–H groups in total. The zero-order chi connectivity index (χ0) is 40.1. The van der Waals surface area contributed by atoms with E-state index in [2.05, 4.69) is 206 Å². The molecular weight excluding hydrogens is 761 g/mol. The molecule has 13 rings (SSSR count). The zero-order valence-corrected chi connectivity index (χ0v) is 33.7. The summed E-state index contributed by atoms with van der Waals surface area (Å²) in [6.45, 7) is 0. The summed E-state index contributed by atoms with van der Waals surface area (Å²) in [6.07, 6.45) is 0. The molecule has 0 amide bonds. The lowest BCUT2D eigenvalue weighted by Crippen LogP contribution is -2.32. The first-order chi connectivity index (χ1) is 30.2. The van der Waals surface area contributed by atoms with Gasteiger partial charge in [-0.15, -0.1) is 11.3 Å². The van der Waals surface area contributed by atoms with Crippen LogP contribution in [0.1, 0.15) is 22.3 Å². The molecule has 3 heterocycles. The number of fused-ring (bicyclic) bond motifs is 13. The molecule has 61 heavy (non-hydrogen) atoms. The fraction of sp³-hybridized carbons (Fsp3) is 0.0175. The van der Waals surface area contributed by atoms with E-state index in [1.165, 1.54) is 32.3 Å². The van der Waals surface area contributed by atoms with Gasteiger partial charge in [-0.05, 0) is 104 Å². The molecule has 11 aromatic rings. The van der Waals surface area contributed by atoms with Gasteiger partial charge < -0.3 is 4.74 Å². The first kappa shape index (κ1) is 34.2. The maximum absolute atomic E-state index is 6.84. The summed E-state index contributed by atoms with van der Waals surface area (Å²) in [5.41, 5.74) is 15.1. The Bertz CT molecular complexity index is 3520. The minimum atomic E-state index is -0.625. The largest absolute Gasteiger partial charge is 0.457 e. The molecule has 1 spiro atoms. The minimum absolute atomic E-state index is 0.625. The molecule has 0 fully saturated rings. The zero-order valence-electron chi connectivity index (χ0n) is 32.8. The number of rotatable bonds is 4. The number of aromatic nitrogens is 2. The summed E-state index contributed by atoms with van der Waals surface area (Å²) in [5.74, 6) is 2.46. The second kappa shape index (κ2) is 13.2. The van der Waals surface area contributed by atoms with Gasteiger partial charge in [0.05, 0.1) is 21.3 Å². The molecule has 0 saturated heterocycles. The van der Waals surface area contributed by atoms with Crippen molar-refractivity contribution in [1.29, 1.82) is 0 Å². The molecule has 4 heteroatoms. The summed E-state index contributed by atoms with van der Waals surface area (Å²) < 4.78 is 9.11. The van der Waals surface area contributed by atoms with Crippen LogP contribution in [0.4, 0.5) is 0 Å². The smallest absolute Gasteiger partial charge is 0.160 e. The highest BCUT2D eigenvalue weighted by Gasteiger charge is 2.51. The molecule has 0 radical (unpaired) electrons. The molecule has 284 valence electrons. The molecule has 1 aliphatic carbocycles. The molecule has 2 aliphatic rings. The Morgan fingerprint density at radius 3 is 1.80 bits per heavy atom. The number of ether oxygens (including phenoxy) is 1. The van der Waals surface area contributed by atoms with E-state index in [9.17, 15) is 0 Å². The van der Waals surface area contributed by atoms with Crippen LogP contribution in [0, 0.1) is 0 Å². The first-order valence-electron chi connectivity index (χ1n) is 20.7. The fourth-order valence-electron chi connectivity index (χ4n) is 10.00. The fourth-order valence-corrected chi connectivity index (χ4v) is 11.2. The van der Waals surface area contributed by atoms with Crippen molar-refractivity contribution in [3.8, 4) is 67.5 Å². The average Bonchev–Trinajstić information content (AvgIpc) is 3.85. The van der Waals surface area contributed by atoms with Crippen LogP contribution in [0.25, 0.3) is 87.1 Å². The Morgan fingerprint density at radius 1 is 0.393 bits per heavy atom. The lowest BCUT2D eigenvalue weighted by Gasteiger charge is -2.39. The third kappa shape index (κ3) is 5.10. The molecule has 2 aromatic heterocycles. The van der Waals surface area contributed by atoms with Gasteiger partial charge in [-0.3, -0.25) is 0 Å². The van der Waals surface area contributed by atoms with Gasteiger partial charge >= 0.3 is 0 Å². The topological polar surface area (TPSA) is 35.0 Å². The summed E-state index contributed by atoms with van der Waals surface area (Å²) in [7, 11) is 0. The van der Waals surface area contributed by atoms with Crippen molar-refractivity contribution < 1.29 is 4.74 Å². The van der Waals surface area contributed by atoms with E-state index in [1.807, 2.05) is 0 Å². The van der Waals surface area contributed by atoms with Gasteiger partial charge in [0.1, 0.15) is 11.5 Å². The Kier molecular flexibility index (Phi) is 7.39. The third-order valence-corrected chi connectivity index (χ3v) is 13.9. The van der Waals surface area contributed by atoms with Crippen LogP contribution in [0.2, 0.25) is 0 Å². The standard InChI is InChI=1S/C57H34N2OS/c1-3-15-35(16-4-1)40-29-41(36-17-5-2-6-18-36)31-42(30-40)56-58-53(55-54(59-56)45-22-10-14-26-52(45)61-55)39-27-28-44-43-21-9-11-23-46(43)57(48(44)33-39)47-24-12-13-25-50(47)60-51-34-38-20-8-7-19-37(38)32-49(51)57/h1-34H. The van der Waals surface area contributed by atoms with Crippen molar-refractivity contribution in [3.05, 3.63) is 229 Å². The third-order valence-electron chi connectivity index (χ3n) is 12.7. The quantitative estimate of drug-likeness (QED) is 0.178. The molecule has 1 atom stereocenters. The SMILES string of the molecule is c1ccc(-c2cc(-c3ccccc3)cc(-c3nc(-c4ccc5c(c4)C4(c6ccccc6Oc6cc7ccccc7cc64)c4ccccc4-5)c4sc5ccccc5c4n3)c2)cc1. The van der Waals surface area contributed by atoms with Crippen LogP contribution in [0.3, 0.4) is 0 Å². The summed E-state index contributed by atoms with van der Waals surface area (Å²) in [4.78, 5) is 11.1. The average molecular weight is 795 g/mol. The molecule has 3 nitrogen and oxygen atoms in total. The number of nitrogens with zero attached hydrogens (tertiary/aromatic N) is 2. The molecule has 1 unspecified atom stereocenters. The number of benzene rings is 9. The lowest BCUT2D eigenvalue weighted by molar-refractivity contribution is 0.437. The second-order valence-corrected chi connectivity index (χ2v) is 17.1. The monoisotopic (exact) mass is 794 g/mol. The summed E-state index contributed by atoms with van der Waals surface area (Å²) in [6, 6.07) is 74.3. The van der Waals surface area contributed by atoms with Gasteiger partial charge in [0, 0.05) is 32.3 Å². The maximum atomic E-state index is 6.84. The van der Waals surface area contributed by atoms with Gasteiger partial charge in [-0.1, -0.05) is 158 Å². The van der Waals surface area contributed by atoms with E-state index < -0.39 is 5.41 Å². The van der Waals surface area contributed by atoms with E-state index in [-0.39, 0.29) is 0 Å². The van der Waals surface area contributed by atoms with E-state index >= 15 is 0 Å². The van der Waals surface area contributed by atoms with Crippen LogP contribution in [-0.2, 0) is 5.41 Å². The Hall–Kier alpha value is -7.66. The second-order valence-electron chi connectivity index (χ2n) is 16.1. The Morgan fingerprint density at radius 2 is 1.02 bits per heavy atom. The molecule has 9 aromatic carbocycles. The van der Waals surface area contributed by atoms with Crippen LogP contribution in [0.15, 0.2) is 206 Å². The number of para-hydroxylation sites is 1. The number of hydrogen-bond donors (Lipinski definition) is 0. The van der Waals surface area contributed by atoms with E-state index in [4.69, 9.17) is 14.7 Å². The normalized spacial score (nSPS) is 14.8. The van der Waals surface area contributed by atoms with Crippen LogP contribution in [0.5, 0.6) is 11.5 Å². The molecular formula is C57H34N2OS. The Balaban J connectivity index is 1.10. The van der Waals surface area contributed by atoms with Crippen molar-refractivity contribution in [3.63, 3.8) is 0 Å². The lowest BCUT2D eigenvalue weighted by atomic mass is 9.65. The highest BCUT2D eigenvalue weighted by Crippen LogP contribution is 2.63. The van der Waals surface area contributed by atoms with Crippen LogP contribution < -0.4 is 4.74 Å². The summed E-state index contributed by atoms with van der Waals surface area (Å²) in [5, 5.41) is 3.48. The maximum Gasteiger partial charge on any atom is 0.160 e. The molecule has 0 saturated carbocycles. The van der Waals surface area contributed by atoms with Crippen molar-refractivity contribution in [2.24, 2.45) is 0 Å². The van der Waals surface area contributed by atoms with Crippen LogP contribution in [-0.4, -0.2) is 9.97 Å². The predicted octanol–water partition coefficient (Wildman–Crippen LogP) is 15.1. The Labute approximate surface area is 356 Å². The number of hydrogen-bond acceptors (Lipinski definition) is 4. The molecule has 1 aliphatic heterocycles. The summed E-state index contributed by atoms with van der Waals surface area (Å²) >= 11 is 1.77. The number of thiophene rings is 1. The molecule has 0 bridgehead atoms. The van der Waals surface area contributed by atoms with Gasteiger partial charge in [0.2, 0.25) is 0 Å². The van der Waals surface area contributed by atoms with Gasteiger partial charge in [0.25, 0.3) is 0 Å². The van der Waals surface area contributed by atoms with E-state index in [0.717, 1.165) is 82.7 Å². The minimum Gasteiger partial charge on any atom is -0.457 e. The van der Waals surface area contributed by atoms with E-state index in [0.29, 0.717) is 5.82 Å². The van der Waals surface area contributed by atoms with Crippen molar-refractivity contribution in [1.82, 2.24) is 9.97 Å². The first-order valence-corrected chi connectivity index (χ1v) is 21.5. The van der Waals surface area contributed by atoms with Crippen LogP contribution >= 0.6 is 11.3 Å². The van der Waals surface area contributed by atoms with Crippen molar-refractivity contribution >= 4 is 42.4 Å². The van der Waals surface area contributed by atoms with Crippen molar-refractivity contribution in [2.45, 2.75) is 5.41 Å². The van der Waals surface area contributed by atoms with Crippen molar-refractivity contribution in [2.75, 3.05) is 0 Å². The highest BCUT2D eigenvalue weighted by atomic mass is 32.1. The highest BCUT2D eigenvalue weighted by molar-refractivity contribution is 7.26. The van der Waals surface area contributed by atoms with Gasteiger partial charge in [-0.25, -0.2) is 9.97 Å². The predicted molar refractivity (Wildman–Crippen MR) is 252 cm³/mol.